The summed E-state index contributed by atoms with van der Waals surface area (Å²) >= 11 is 59.0. The summed E-state index contributed by atoms with van der Waals surface area (Å²) in [6, 6.07) is 31.4. The molecule has 0 aliphatic rings. The van der Waals surface area contributed by atoms with E-state index in [9.17, 15) is 128 Å². The summed E-state index contributed by atoms with van der Waals surface area (Å²) < 4.78 is 4.18. The maximum Gasteiger partial charge on any atom is 0.200 e. The Morgan fingerprint density at radius 3 is 0.857 bits per heavy atom. The third-order valence-corrected chi connectivity index (χ3v) is 30.5. The van der Waals surface area contributed by atoms with E-state index in [2.05, 4.69) is 159 Å². The lowest BCUT2D eigenvalue weighted by Crippen LogP contribution is -2.18. The van der Waals surface area contributed by atoms with Crippen molar-refractivity contribution in [1.29, 1.82) is 0 Å². The smallest absolute Gasteiger partial charge is 0.200 e. The molecule has 0 spiro atoms. The van der Waals surface area contributed by atoms with Crippen LogP contribution in [0.4, 0.5) is 0 Å². The summed E-state index contributed by atoms with van der Waals surface area (Å²) in [7, 11) is 0. The van der Waals surface area contributed by atoms with Gasteiger partial charge in [0.2, 0.25) is 0 Å². The Morgan fingerprint density at radius 1 is 0.224 bits per heavy atom. The molecule has 0 saturated heterocycles. The number of aromatic hydroxyl groups is 25. The average Bonchev–Trinajstić information content (AvgIpc) is 0.808. The van der Waals surface area contributed by atoms with Gasteiger partial charge in [0.1, 0.15) is 57.5 Å². The number of rotatable bonds is 24. The van der Waals surface area contributed by atoms with Crippen LogP contribution in [0.5, 0.6) is 144 Å². The summed E-state index contributed by atoms with van der Waals surface area (Å²) in [6.45, 7) is 10.00. The molecule has 0 fully saturated rings. The van der Waals surface area contributed by atoms with Crippen LogP contribution in [0.2, 0.25) is 0 Å². The van der Waals surface area contributed by atoms with E-state index in [1.54, 1.807) is 180 Å². The minimum absolute atomic E-state index is 0.00313. The first-order valence-corrected chi connectivity index (χ1v) is 51.7. The predicted octanol–water partition coefficient (Wildman–Crippen LogP) is 23.8. The molecule has 0 aliphatic heterocycles. The van der Waals surface area contributed by atoms with Gasteiger partial charge in [0.05, 0.1) is 55.9 Å². The standard InChI is InChI=1S/2C17H15Br2NO4S.2C17H16BrNO4S.C17H16INO4S.C16H13Br2NO5S/c1-8-11(21)4-9(5-12(8)22)7-20-14(25)3-2-10-6-13(23)17(24)16(19)15(10)18;1-8-12(21)6-10(15(19)16(8)23)7-20-14(25)3-2-9-4-11(18)17(24)13(22)5-9;1-9-13(21)6-10(7-14(9)22)8-19-15(24)5-3-11-2-4-12(20)17(23)16(11)18;1-9-13(20)4-10(5-14(9)21)8-19-17(24)3-2-11-6-15(22)16(23)7-12(11)18;1-9-13(21)6-10(7-14(9)22)8-19-15(24)5-3-11-2-4-12(20)17(23)16(11)18;17-13-8(5-11(22)16(24)14(13)18)1-2-12(25)19-6-7-3-9(20)15(23)10(21)4-7/h2*2-6,21-24H,7H2,1H3,(H,20,25);3*2-7,20-23H,8H2,1H3,(H,19,24);1-5,20-24H,6H2,(H,19,25)/b2*3-2+;5-3+;3-2+;5-3+;2-1+. The highest BCUT2D eigenvalue weighted by Crippen LogP contribution is 2.46. The molecule has 12 rings (SSSR count). The van der Waals surface area contributed by atoms with Crippen LogP contribution in [-0.4, -0.2) is 158 Å². The second-order valence-corrected chi connectivity index (χ2v) is 41.2. The molecule has 31 N–H and O–H groups in total. The molecule has 147 heavy (non-hydrogen) atoms. The zero-order valence-electron chi connectivity index (χ0n) is 76.8. The van der Waals surface area contributed by atoms with Crippen LogP contribution in [0.25, 0.3) is 36.5 Å². The van der Waals surface area contributed by atoms with E-state index in [-0.39, 0.29) is 133 Å². The molecule has 0 aliphatic carbocycles. The predicted molar refractivity (Wildman–Crippen MR) is 628 cm³/mol. The molecular weight excluding hydrogens is 2660 g/mol. The van der Waals surface area contributed by atoms with Crippen molar-refractivity contribution in [2.45, 2.75) is 73.9 Å². The third kappa shape index (κ3) is 36.2. The normalized spacial score (nSPS) is 11.0. The summed E-state index contributed by atoms with van der Waals surface area (Å²) in [6.07, 6.45) is 19.9. The number of hydrogen-bond donors (Lipinski definition) is 31. The highest BCUT2D eigenvalue weighted by molar-refractivity contribution is 14.1. The first-order chi connectivity index (χ1) is 69.0. The molecule has 0 bridgehead atoms. The Hall–Kier alpha value is -12.0. The van der Waals surface area contributed by atoms with Crippen LogP contribution < -0.4 is 31.9 Å². The van der Waals surface area contributed by atoms with Crippen molar-refractivity contribution in [2.75, 3.05) is 0 Å². The van der Waals surface area contributed by atoms with E-state index < -0.39 is 17.2 Å². The van der Waals surface area contributed by atoms with Crippen molar-refractivity contribution in [3.63, 3.8) is 0 Å². The summed E-state index contributed by atoms with van der Waals surface area (Å²) in [5.41, 5.74) is 9.94. The third-order valence-electron chi connectivity index (χ3n) is 20.4. The number of nitrogens with one attached hydrogen (secondary N) is 6. The maximum absolute atomic E-state index is 9.93. The highest BCUT2D eigenvalue weighted by Gasteiger charge is 2.20. The molecule has 12 aromatic carbocycles. The van der Waals surface area contributed by atoms with E-state index in [0.717, 1.165) is 5.56 Å². The molecule has 0 atom stereocenters. The fourth-order valence-electron chi connectivity index (χ4n) is 11.8. The summed E-state index contributed by atoms with van der Waals surface area (Å²) in [4.78, 5) is 2.55. The second kappa shape index (κ2) is 56.9. The van der Waals surface area contributed by atoms with Gasteiger partial charge in [0.15, 0.2) is 86.2 Å². The monoisotopic (exact) mass is 2740 g/mol. The van der Waals surface area contributed by atoms with Crippen molar-refractivity contribution in [3.8, 4) is 144 Å². The molecule has 0 saturated carbocycles. The molecular formula is C101H91Br8IN6O25S6. The second-order valence-electron chi connectivity index (χ2n) is 31.0. The molecule has 31 nitrogen and oxygen atoms in total. The van der Waals surface area contributed by atoms with Gasteiger partial charge in [-0.3, -0.25) is 0 Å². The van der Waals surface area contributed by atoms with Crippen LogP contribution >= 0.6 is 223 Å². The minimum atomic E-state index is -0.575. The van der Waals surface area contributed by atoms with Crippen molar-refractivity contribution in [1.82, 2.24) is 31.9 Å². The number of hydrogen-bond acceptors (Lipinski definition) is 31. The lowest BCUT2D eigenvalue weighted by molar-refractivity contribution is 0.367. The maximum atomic E-state index is 9.93. The summed E-state index contributed by atoms with van der Waals surface area (Å²) in [5, 5.41) is 258. The van der Waals surface area contributed by atoms with Crippen molar-refractivity contribution in [3.05, 3.63) is 298 Å². The van der Waals surface area contributed by atoms with Crippen LogP contribution in [0, 0.1) is 38.2 Å². The van der Waals surface area contributed by atoms with Gasteiger partial charge in [-0.25, -0.2) is 0 Å². The van der Waals surface area contributed by atoms with E-state index in [1.807, 2.05) is 22.6 Å². The lowest BCUT2D eigenvalue weighted by atomic mass is 10.1. The average molecular weight is 2750 g/mol. The molecule has 0 aromatic heterocycles. The van der Waals surface area contributed by atoms with E-state index in [4.69, 9.17) is 73.3 Å². The summed E-state index contributed by atoms with van der Waals surface area (Å²) in [5.74, 6) is -3.93. The molecule has 0 radical (unpaired) electrons. The van der Waals surface area contributed by atoms with E-state index in [1.165, 1.54) is 54.6 Å². The van der Waals surface area contributed by atoms with Gasteiger partial charge >= 0.3 is 0 Å². The molecule has 12 aromatic rings. The minimum Gasteiger partial charge on any atom is -0.508 e. The zero-order chi connectivity index (χ0) is 110. The van der Waals surface area contributed by atoms with Crippen molar-refractivity contribution >= 4 is 290 Å². The van der Waals surface area contributed by atoms with Gasteiger partial charge in [0.25, 0.3) is 0 Å². The highest BCUT2D eigenvalue weighted by atomic mass is 127. The van der Waals surface area contributed by atoms with Crippen LogP contribution in [0.15, 0.2) is 200 Å². The van der Waals surface area contributed by atoms with Crippen molar-refractivity contribution < 1.29 is 128 Å². The van der Waals surface area contributed by atoms with Gasteiger partial charge in [-0.2, -0.15) is 0 Å². The van der Waals surface area contributed by atoms with Gasteiger partial charge in [-0.05, 0) is 399 Å². The van der Waals surface area contributed by atoms with Crippen LogP contribution in [-0.2, 0) is 39.3 Å². The Balaban J connectivity index is 0.000000239. The Bertz CT molecular complexity index is 6710. The fourth-order valence-corrected chi connectivity index (χ4v) is 17.0. The fraction of sp³-hybridized carbons (Fsp3) is 0.109. The Labute approximate surface area is 954 Å². The Morgan fingerprint density at radius 2 is 0.497 bits per heavy atom. The van der Waals surface area contributed by atoms with Gasteiger partial charge in [0, 0.05) is 80.5 Å². The molecule has 0 heterocycles. The lowest BCUT2D eigenvalue weighted by Gasteiger charge is -2.11. The number of phenols is 25. The van der Waals surface area contributed by atoms with Crippen molar-refractivity contribution in [2.24, 2.45) is 0 Å². The van der Waals surface area contributed by atoms with Gasteiger partial charge < -0.3 is 160 Å². The first kappa shape index (κ1) is 122. The molecule has 46 heteroatoms. The number of thiocarbonyl (C=S) groups is 6. The topological polar surface area (TPSA) is 578 Å². The molecule has 0 amide bonds. The van der Waals surface area contributed by atoms with E-state index >= 15 is 0 Å². The first-order valence-electron chi connectivity index (χ1n) is 41.9. The van der Waals surface area contributed by atoms with Crippen LogP contribution in [0.3, 0.4) is 0 Å². The molecule has 0 unspecified atom stereocenters. The SMILES string of the molecule is Cc1c(O)cc(CNC(=S)/C=C/c2cc(O)c(O)c(Br)c2)c(Br)c1O.Cc1c(O)cc(CNC(=S)/C=C/c2cc(O)c(O)c(Br)c2Br)cc1O.Cc1c(O)cc(CNC(=S)/C=C/c2cc(O)c(O)cc2Br)cc1O.Cc1c(O)cc(CNC(=S)/C=C/c2ccc(O)c(O)c2Br)cc1O.Cc1c(O)cc(CNC(=S)/C=C/c2ccc(O)c(O)c2I)cc1O.Oc1cc(CNC(=S)/C=C/c2cc(O)c(O)c(Br)c2Br)cc(O)c1O. The quantitative estimate of drug-likeness (QED) is 0.0116. The molecule has 774 valence electrons. The number of benzene rings is 12. The number of halogens is 9. The number of phenolic OH excluding ortho intramolecular Hbond substituents is 25. The largest absolute Gasteiger partial charge is 0.508 e. The van der Waals surface area contributed by atoms with Gasteiger partial charge in [-0.15, -0.1) is 0 Å². The van der Waals surface area contributed by atoms with Gasteiger partial charge in [-0.1, -0.05) is 126 Å². The Kier molecular flexibility index (Phi) is 47.2. The van der Waals surface area contributed by atoms with Crippen LogP contribution in [0.1, 0.15) is 94.6 Å². The van der Waals surface area contributed by atoms with E-state index in [0.29, 0.717) is 191 Å². The zero-order valence-corrected chi connectivity index (χ0v) is 96.6.